The molecule has 0 bridgehead atoms. The van der Waals surface area contributed by atoms with E-state index < -0.39 is 5.82 Å². The van der Waals surface area contributed by atoms with Crippen molar-refractivity contribution in [1.82, 2.24) is 4.90 Å². The number of benzene rings is 1. The van der Waals surface area contributed by atoms with Gasteiger partial charge in [-0.25, -0.2) is 4.39 Å². The largest absolute Gasteiger partial charge is 0.497 e. The van der Waals surface area contributed by atoms with Crippen molar-refractivity contribution in [3.8, 4) is 5.75 Å². The predicted molar refractivity (Wildman–Crippen MR) is 63.7 cm³/mol. The van der Waals surface area contributed by atoms with Gasteiger partial charge in [-0.15, -0.1) is 0 Å². The Balaban J connectivity index is 2.91. The van der Waals surface area contributed by atoms with Gasteiger partial charge in [0.2, 0.25) is 0 Å². The summed E-state index contributed by atoms with van der Waals surface area (Å²) >= 11 is 3.22. The van der Waals surface area contributed by atoms with Crippen LogP contribution in [-0.2, 0) is 0 Å². The monoisotopic (exact) mass is 289 g/mol. The third-order valence-corrected chi connectivity index (χ3v) is 2.53. The molecule has 3 nitrogen and oxygen atoms in total. The number of nitrogens with zero attached hydrogens (tertiary/aromatic N) is 1. The van der Waals surface area contributed by atoms with Crippen LogP contribution in [0.15, 0.2) is 18.2 Å². The Hall–Kier alpha value is -1.10. The number of ether oxygens (including phenoxy) is 1. The summed E-state index contributed by atoms with van der Waals surface area (Å²) in [6.07, 6.45) is 0. The van der Waals surface area contributed by atoms with Crippen LogP contribution in [0.2, 0.25) is 0 Å². The maximum atomic E-state index is 13.5. The van der Waals surface area contributed by atoms with E-state index in [9.17, 15) is 9.18 Å². The molecule has 0 aliphatic heterocycles. The molecule has 0 spiro atoms. The molecule has 1 aromatic carbocycles. The summed E-state index contributed by atoms with van der Waals surface area (Å²) < 4.78 is 18.4. The van der Waals surface area contributed by atoms with Crippen LogP contribution in [0.1, 0.15) is 10.4 Å². The number of alkyl halides is 1. The Bertz CT molecular complexity index is 384. The minimum Gasteiger partial charge on any atom is -0.497 e. The van der Waals surface area contributed by atoms with Gasteiger partial charge in [0.15, 0.2) is 0 Å². The second kappa shape index (κ2) is 5.84. The van der Waals surface area contributed by atoms with E-state index in [0.29, 0.717) is 17.6 Å². The first-order valence-electron chi connectivity index (χ1n) is 4.75. The summed E-state index contributed by atoms with van der Waals surface area (Å²) in [6.45, 7) is 0.532. The van der Waals surface area contributed by atoms with Crippen LogP contribution in [-0.4, -0.2) is 36.8 Å². The Morgan fingerprint density at radius 3 is 2.75 bits per heavy atom. The van der Waals surface area contributed by atoms with Crippen molar-refractivity contribution in [2.24, 2.45) is 0 Å². The van der Waals surface area contributed by atoms with Crippen molar-refractivity contribution < 1.29 is 13.9 Å². The van der Waals surface area contributed by atoms with Crippen LogP contribution in [0.25, 0.3) is 0 Å². The molecule has 0 fully saturated rings. The number of carbonyl (C=O) groups excluding carboxylic acids is 1. The molecule has 16 heavy (non-hydrogen) atoms. The van der Waals surface area contributed by atoms with Crippen molar-refractivity contribution in [1.29, 1.82) is 0 Å². The third kappa shape index (κ3) is 2.95. The predicted octanol–water partition coefficient (Wildman–Crippen LogP) is 2.30. The lowest BCUT2D eigenvalue weighted by Gasteiger charge is -2.16. The molecular formula is C11H13BrFNO2. The molecule has 5 heteroatoms. The summed E-state index contributed by atoms with van der Waals surface area (Å²) in [5.74, 6) is -0.498. The number of methoxy groups -OCH3 is 1. The smallest absolute Gasteiger partial charge is 0.256 e. The van der Waals surface area contributed by atoms with Crippen molar-refractivity contribution in [2.75, 3.05) is 26.0 Å². The zero-order chi connectivity index (χ0) is 12.1. The normalized spacial score (nSPS) is 10.0. The average Bonchev–Trinajstić information content (AvgIpc) is 2.28. The van der Waals surface area contributed by atoms with E-state index in [4.69, 9.17) is 4.74 Å². The topological polar surface area (TPSA) is 29.5 Å². The lowest BCUT2D eigenvalue weighted by molar-refractivity contribution is 0.0799. The number of carbonyl (C=O) groups is 1. The maximum absolute atomic E-state index is 13.5. The molecule has 1 rings (SSSR count). The van der Waals surface area contributed by atoms with E-state index in [2.05, 4.69) is 15.9 Å². The number of halogens is 2. The van der Waals surface area contributed by atoms with E-state index in [1.165, 1.54) is 24.1 Å². The van der Waals surface area contributed by atoms with Crippen LogP contribution in [0.5, 0.6) is 5.75 Å². The average molecular weight is 290 g/mol. The van der Waals surface area contributed by atoms with E-state index in [-0.39, 0.29) is 11.5 Å². The van der Waals surface area contributed by atoms with Gasteiger partial charge in [-0.1, -0.05) is 15.9 Å². The quantitative estimate of drug-likeness (QED) is 0.796. The molecule has 0 unspecified atom stereocenters. The van der Waals surface area contributed by atoms with Gasteiger partial charge in [0, 0.05) is 25.0 Å². The highest BCUT2D eigenvalue weighted by molar-refractivity contribution is 9.09. The van der Waals surface area contributed by atoms with Gasteiger partial charge in [0.25, 0.3) is 5.91 Å². The Morgan fingerprint density at radius 1 is 1.56 bits per heavy atom. The van der Waals surface area contributed by atoms with Gasteiger partial charge in [0.05, 0.1) is 12.7 Å². The standard InChI is InChI=1S/C11H13BrFNO2/c1-14(6-5-12)11(15)9-4-3-8(16-2)7-10(9)13/h3-4,7H,5-6H2,1-2H3. The van der Waals surface area contributed by atoms with E-state index in [1.54, 1.807) is 13.1 Å². The molecule has 1 amide bonds. The van der Waals surface area contributed by atoms with Crippen LogP contribution in [0.3, 0.4) is 0 Å². The lowest BCUT2D eigenvalue weighted by Crippen LogP contribution is -2.29. The number of hydrogen-bond donors (Lipinski definition) is 0. The third-order valence-electron chi connectivity index (χ3n) is 2.17. The molecule has 0 atom stereocenters. The summed E-state index contributed by atoms with van der Waals surface area (Å²) in [5.41, 5.74) is 0.0595. The van der Waals surface area contributed by atoms with Crippen molar-refractivity contribution >= 4 is 21.8 Å². The molecule has 0 radical (unpaired) electrons. The van der Waals surface area contributed by atoms with Crippen molar-refractivity contribution in [3.05, 3.63) is 29.6 Å². The van der Waals surface area contributed by atoms with Crippen molar-refractivity contribution in [3.63, 3.8) is 0 Å². The molecular weight excluding hydrogens is 277 g/mol. The fraction of sp³-hybridized carbons (Fsp3) is 0.364. The molecule has 0 saturated carbocycles. The SMILES string of the molecule is COc1ccc(C(=O)N(C)CCBr)c(F)c1. The Morgan fingerprint density at radius 2 is 2.25 bits per heavy atom. The highest BCUT2D eigenvalue weighted by Gasteiger charge is 2.16. The van der Waals surface area contributed by atoms with Gasteiger partial charge in [0.1, 0.15) is 11.6 Å². The van der Waals surface area contributed by atoms with Gasteiger partial charge < -0.3 is 9.64 Å². The van der Waals surface area contributed by atoms with Gasteiger partial charge >= 0.3 is 0 Å². The fourth-order valence-electron chi connectivity index (χ4n) is 1.23. The first kappa shape index (κ1) is 13.0. The highest BCUT2D eigenvalue weighted by atomic mass is 79.9. The number of hydrogen-bond acceptors (Lipinski definition) is 2. The molecule has 88 valence electrons. The van der Waals surface area contributed by atoms with E-state index >= 15 is 0 Å². The van der Waals surface area contributed by atoms with E-state index in [1.807, 2.05) is 0 Å². The second-order valence-electron chi connectivity index (χ2n) is 3.26. The molecule has 0 heterocycles. The minimum absolute atomic E-state index is 0.0595. The lowest BCUT2D eigenvalue weighted by atomic mass is 10.2. The zero-order valence-electron chi connectivity index (χ0n) is 9.17. The summed E-state index contributed by atoms with van der Waals surface area (Å²) in [5, 5.41) is 0.660. The fourth-order valence-corrected chi connectivity index (χ4v) is 1.76. The molecule has 0 aromatic heterocycles. The van der Waals surface area contributed by atoms with Gasteiger partial charge in [-0.3, -0.25) is 4.79 Å². The summed E-state index contributed by atoms with van der Waals surface area (Å²) in [7, 11) is 3.08. The molecule has 0 saturated heterocycles. The first-order chi connectivity index (χ1) is 7.60. The highest BCUT2D eigenvalue weighted by Crippen LogP contribution is 2.17. The van der Waals surface area contributed by atoms with E-state index in [0.717, 1.165) is 0 Å². The van der Waals surface area contributed by atoms with Crippen LogP contribution in [0, 0.1) is 5.82 Å². The number of amides is 1. The number of rotatable bonds is 4. The van der Waals surface area contributed by atoms with Crippen LogP contribution < -0.4 is 4.74 Å². The first-order valence-corrected chi connectivity index (χ1v) is 5.87. The van der Waals surface area contributed by atoms with Crippen LogP contribution in [0.4, 0.5) is 4.39 Å². The zero-order valence-corrected chi connectivity index (χ0v) is 10.8. The molecule has 0 N–H and O–H groups in total. The molecule has 0 aliphatic rings. The second-order valence-corrected chi connectivity index (χ2v) is 4.05. The summed E-state index contributed by atoms with van der Waals surface area (Å²) in [6, 6.07) is 4.20. The van der Waals surface area contributed by atoms with Crippen molar-refractivity contribution in [2.45, 2.75) is 0 Å². The molecule has 1 aromatic rings. The minimum atomic E-state index is -0.564. The molecule has 0 aliphatic carbocycles. The van der Waals surface area contributed by atoms with Crippen LogP contribution >= 0.6 is 15.9 Å². The maximum Gasteiger partial charge on any atom is 0.256 e. The van der Waals surface area contributed by atoms with Gasteiger partial charge in [-0.05, 0) is 12.1 Å². The van der Waals surface area contributed by atoms with Gasteiger partial charge in [-0.2, -0.15) is 0 Å². The Kier molecular flexibility index (Phi) is 4.73. The summed E-state index contributed by atoms with van der Waals surface area (Å²) in [4.78, 5) is 13.2. The Labute approximate surface area is 102 Å².